The van der Waals surface area contributed by atoms with Gasteiger partial charge < -0.3 is 5.11 Å². The van der Waals surface area contributed by atoms with Gasteiger partial charge in [0.1, 0.15) is 22.5 Å². The number of aromatic hydroxyl groups is 1. The Hall–Kier alpha value is -2.36. The molecule has 0 saturated carbocycles. The van der Waals surface area contributed by atoms with Gasteiger partial charge in [-0.3, -0.25) is 0 Å². The van der Waals surface area contributed by atoms with Crippen molar-refractivity contribution in [3.05, 3.63) is 47.5 Å². The van der Waals surface area contributed by atoms with Crippen LogP contribution >= 0.6 is 0 Å². The van der Waals surface area contributed by atoms with Gasteiger partial charge in [-0.05, 0) is 42.2 Å². The number of phenolic OH excluding ortho intramolecular Hbond substituents is 1. The average Bonchev–Trinajstić information content (AvgIpc) is 2.83. The number of rotatable bonds is 1. The highest BCUT2D eigenvalue weighted by Crippen LogP contribution is 2.35. The van der Waals surface area contributed by atoms with E-state index in [0.29, 0.717) is 5.69 Å². The summed E-state index contributed by atoms with van der Waals surface area (Å²) in [5.41, 5.74) is 3.97. The monoisotopic (exact) mass is 280 g/mol. The van der Waals surface area contributed by atoms with Gasteiger partial charge in [0.05, 0.1) is 0 Å². The molecule has 0 aliphatic heterocycles. The first-order valence-electron chi connectivity index (χ1n) is 6.94. The zero-order valence-corrected chi connectivity index (χ0v) is 12.7. The van der Waals surface area contributed by atoms with Crippen LogP contribution in [0, 0.1) is 13.0 Å². The van der Waals surface area contributed by atoms with Gasteiger partial charge in [-0.2, -0.15) is 0 Å². The molecule has 0 unspecified atom stereocenters. The SMILES string of the molecule is Cc1cc(-n2nc3c[c]ccc3n2)c(O)c(C(C)(C)C)c1. The molecule has 0 aliphatic carbocycles. The van der Waals surface area contributed by atoms with E-state index >= 15 is 0 Å². The Morgan fingerprint density at radius 1 is 1.14 bits per heavy atom. The van der Waals surface area contributed by atoms with Crippen LogP contribution in [0.2, 0.25) is 0 Å². The van der Waals surface area contributed by atoms with Crippen molar-refractivity contribution in [2.75, 3.05) is 0 Å². The molecule has 3 rings (SSSR count). The molecule has 0 spiro atoms. The predicted molar refractivity (Wildman–Crippen MR) is 82.8 cm³/mol. The van der Waals surface area contributed by atoms with E-state index in [9.17, 15) is 5.11 Å². The van der Waals surface area contributed by atoms with Crippen LogP contribution in [-0.2, 0) is 5.41 Å². The second-order valence-electron chi connectivity index (χ2n) is 6.33. The van der Waals surface area contributed by atoms with Crippen molar-refractivity contribution in [3.8, 4) is 11.4 Å². The van der Waals surface area contributed by atoms with Gasteiger partial charge in [0, 0.05) is 5.56 Å². The van der Waals surface area contributed by atoms with Gasteiger partial charge in [-0.15, -0.1) is 15.0 Å². The quantitative estimate of drug-likeness (QED) is 0.742. The highest BCUT2D eigenvalue weighted by molar-refractivity contribution is 5.73. The summed E-state index contributed by atoms with van der Waals surface area (Å²) in [4.78, 5) is 1.50. The second kappa shape index (κ2) is 4.58. The summed E-state index contributed by atoms with van der Waals surface area (Å²) in [7, 11) is 0. The van der Waals surface area contributed by atoms with E-state index in [1.165, 1.54) is 4.80 Å². The molecule has 4 heteroatoms. The second-order valence-corrected chi connectivity index (χ2v) is 6.33. The highest BCUT2D eigenvalue weighted by atomic mass is 16.3. The van der Waals surface area contributed by atoms with Crippen molar-refractivity contribution in [3.63, 3.8) is 0 Å². The number of aromatic nitrogens is 3. The minimum atomic E-state index is -0.148. The molecule has 1 N–H and O–H groups in total. The summed E-state index contributed by atoms with van der Waals surface area (Å²) >= 11 is 0. The summed E-state index contributed by atoms with van der Waals surface area (Å²) in [5.74, 6) is 0.234. The molecule has 0 fully saturated rings. The van der Waals surface area contributed by atoms with Crippen LogP contribution in [0.3, 0.4) is 0 Å². The summed E-state index contributed by atoms with van der Waals surface area (Å²) in [6.07, 6.45) is 0. The Balaban J connectivity index is 2.24. The molecule has 1 radical (unpaired) electrons. The number of aryl methyl sites for hydroxylation is 1. The van der Waals surface area contributed by atoms with Crippen molar-refractivity contribution in [2.45, 2.75) is 33.1 Å². The van der Waals surface area contributed by atoms with E-state index in [-0.39, 0.29) is 11.2 Å². The minimum absolute atomic E-state index is 0.148. The normalized spacial score (nSPS) is 12.0. The zero-order chi connectivity index (χ0) is 15.2. The van der Waals surface area contributed by atoms with Crippen LogP contribution in [0.5, 0.6) is 5.75 Å². The lowest BCUT2D eigenvalue weighted by molar-refractivity contribution is 0.440. The van der Waals surface area contributed by atoms with Crippen molar-refractivity contribution in [1.29, 1.82) is 0 Å². The lowest BCUT2D eigenvalue weighted by atomic mass is 9.85. The molecular weight excluding hydrogens is 262 g/mol. The molecule has 0 amide bonds. The van der Waals surface area contributed by atoms with Gasteiger partial charge in [0.25, 0.3) is 0 Å². The first kappa shape index (κ1) is 13.6. The van der Waals surface area contributed by atoms with Crippen LogP contribution in [0.25, 0.3) is 16.7 Å². The van der Waals surface area contributed by atoms with Crippen LogP contribution in [0.1, 0.15) is 31.9 Å². The maximum atomic E-state index is 10.6. The standard InChI is InChI=1S/C17H18N3O/c1-11-9-12(17(2,3)4)16(21)15(10-11)20-18-13-7-5-6-8-14(13)19-20/h5,7-10,21H,1-4H3. The third-order valence-corrected chi connectivity index (χ3v) is 3.48. The molecule has 4 nitrogen and oxygen atoms in total. The summed E-state index contributed by atoms with van der Waals surface area (Å²) in [6.45, 7) is 8.24. The van der Waals surface area contributed by atoms with Crippen molar-refractivity contribution < 1.29 is 5.11 Å². The Kier molecular flexibility index (Phi) is 2.97. The van der Waals surface area contributed by atoms with Crippen molar-refractivity contribution >= 4 is 11.0 Å². The molecular formula is C17H18N3O. The number of hydrogen-bond donors (Lipinski definition) is 1. The number of nitrogens with zero attached hydrogens (tertiary/aromatic N) is 3. The van der Waals surface area contributed by atoms with E-state index < -0.39 is 0 Å². The van der Waals surface area contributed by atoms with Crippen molar-refractivity contribution in [2.24, 2.45) is 0 Å². The van der Waals surface area contributed by atoms with Gasteiger partial charge in [-0.1, -0.05) is 32.9 Å². The maximum Gasteiger partial charge on any atom is 0.146 e. The lowest BCUT2D eigenvalue weighted by Gasteiger charge is -2.22. The Bertz CT molecular complexity index is 780. The van der Waals surface area contributed by atoms with E-state index in [4.69, 9.17) is 0 Å². The minimum Gasteiger partial charge on any atom is -0.505 e. The molecule has 0 atom stereocenters. The topological polar surface area (TPSA) is 50.9 Å². The summed E-state index contributed by atoms with van der Waals surface area (Å²) in [6, 6.07) is 12.3. The highest BCUT2D eigenvalue weighted by Gasteiger charge is 2.22. The van der Waals surface area contributed by atoms with Crippen LogP contribution in [0.15, 0.2) is 30.3 Å². The van der Waals surface area contributed by atoms with Gasteiger partial charge in [-0.25, -0.2) is 0 Å². The van der Waals surface area contributed by atoms with Gasteiger partial charge >= 0.3 is 0 Å². The summed E-state index contributed by atoms with van der Waals surface area (Å²) < 4.78 is 0. The van der Waals surface area contributed by atoms with Crippen molar-refractivity contribution in [1.82, 2.24) is 15.0 Å². The number of phenols is 1. The van der Waals surface area contributed by atoms with E-state index in [1.54, 1.807) is 12.1 Å². The van der Waals surface area contributed by atoms with Gasteiger partial charge in [0.15, 0.2) is 0 Å². The fourth-order valence-corrected chi connectivity index (χ4v) is 2.40. The van der Waals surface area contributed by atoms with Crippen LogP contribution < -0.4 is 0 Å². The van der Waals surface area contributed by atoms with E-state index in [0.717, 1.165) is 22.2 Å². The molecule has 3 aromatic rings. The molecule has 21 heavy (non-hydrogen) atoms. The first-order chi connectivity index (χ1) is 9.86. The van der Waals surface area contributed by atoms with Gasteiger partial charge in [0.2, 0.25) is 0 Å². The zero-order valence-electron chi connectivity index (χ0n) is 12.7. The number of benzene rings is 2. The first-order valence-corrected chi connectivity index (χ1v) is 6.94. The number of hydrogen-bond acceptors (Lipinski definition) is 3. The Labute approximate surface area is 124 Å². The smallest absolute Gasteiger partial charge is 0.146 e. The van der Waals surface area contributed by atoms with E-state index in [2.05, 4.69) is 37.0 Å². The maximum absolute atomic E-state index is 10.6. The van der Waals surface area contributed by atoms with E-state index in [1.807, 2.05) is 25.1 Å². The fraction of sp³-hybridized carbons (Fsp3) is 0.294. The summed E-state index contributed by atoms with van der Waals surface area (Å²) in [5, 5.41) is 19.5. The van der Waals surface area contributed by atoms with Crippen LogP contribution in [0.4, 0.5) is 0 Å². The predicted octanol–water partition coefficient (Wildman–Crippen LogP) is 3.53. The third-order valence-electron chi connectivity index (χ3n) is 3.48. The molecule has 107 valence electrons. The Morgan fingerprint density at radius 2 is 1.86 bits per heavy atom. The Morgan fingerprint density at radius 3 is 2.52 bits per heavy atom. The molecule has 0 aliphatic rings. The number of fused-ring (bicyclic) bond motifs is 1. The largest absolute Gasteiger partial charge is 0.505 e. The molecule has 0 saturated heterocycles. The van der Waals surface area contributed by atoms with Crippen LogP contribution in [-0.4, -0.2) is 20.1 Å². The third kappa shape index (κ3) is 2.37. The molecule has 1 heterocycles. The fourth-order valence-electron chi connectivity index (χ4n) is 2.40. The molecule has 2 aromatic carbocycles. The lowest BCUT2D eigenvalue weighted by Crippen LogP contribution is -2.13. The average molecular weight is 280 g/mol. The molecule has 0 bridgehead atoms. The molecule has 1 aromatic heterocycles.